The Kier molecular flexibility index (Phi) is 13.0. The molecule has 186 valence electrons. The van der Waals surface area contributed by atoms with E-state index in [0.29, 0.717) is 13.1 Å². The molecule has 0 aliphatic carbocycles. The number of carbonyl (C=O) groups excluding carboxylic acids is 3. The average Bonchev–Trinajstić information content (AvgIpc) is 2.76. The van der Waals surface area contributed by atoms with E-state index in [4.69, 9.17) is 4.74 Å². The lowest BCUT2D eigenvalue weighted by molar-refractivity contribution is -0.142. The van der Waals surface area contributed by atoms with Crippen LogP contribution in [0.25, 0.3) is 0 Å². The molecule has 0 saturated carbocycles. The Hall–Kier alpha value is -2.22. The molecule has 8 heteroatoms. The highest BCUT2D eigenvalue weighted by molar-refractivity contribution is 7.80. The number of hydrogen-bond acceptors (Lipinski definition) is 5. The molecule has 0 spiro atoms. The van der Waals surface area contributed by atoms with Crippen LogP contribution in [0.1, 0.15) is 78.3 Å². The number of carbonyl (C=O) groups is 3. The highest BCUT2D eigenvalue weighted by Crippen LogP contribution is 2.23. The predicted molar refractivity (Wildman–Crippen MR) is 135 cm³/mol. The molecule has 33 heavy (non-hydrogen) atoms. The van der Waals surface area contributed by atoms with E-state index in [1.165, 1.54) is 0 Å². The van der Waals surface area contributed by atoms with E-state index in [9.17, 15) is 14.4 Å². The van der Waals surface area contributed by atoms with Gasteiger partial charge >= 0.3 is 6.09 Å². The van der Waals surface area contributed by atoms with Crippen LogP contribution in [0.4, 0.5) is 4.79 Å². The van der Waals surface area contributed by atoms with E-state index < -0.39 is 23.8 Å². The Labute approximate surface area is 204 Å². The maximum Gasteiger partial charge on any atom is 0.408 e. The van der Waals surface area contributed by atoms with Crippen molar-refractivity contribution in [2.75, 3.05) is 18.8 Å². The van der Waals surface area contributed by atoms with Gasteiger partial charge < -0.3 is 20.3 Å². The number of thiol groups is 1. The van der Waals surface area contributed by atoms with Crippen molar-refractivity contribution in [2.45, 2.75) is 84.4 Å². The molecule has 0 aliphatic rings. The number of nitrogens with one attached hydrogen (secondary N) is 2. The van der Waals surface area contributed by atoms with Crippen LogP contribution < -0.4 is 10.6 Å². The van der Waals surface area contributed by atoms with Crippen LogP contribution in [-0.4, -0.2) is 53.3 Å². The third-order valence-corrected chi connectivity index (χ3v) is 5.33. The zero-order chi connectivity index (χ0) is 24.9. The number of rotatable bonds is 13. The summed E-state index contributed by atoms with van der Waals surface area (Å²) in [5.41, 5.74) is 0.0346. The van der Waals surface area contributed by atoms with Gasteiger partial charge in [0.1, 0.15) is 17.7 Å². The van der Waals surface area contributed by atoms with E-state index >= 15 is 0 Å². The molecule has 1 aromatic carbocycles. The van der Waals surface area contributed by atoms with E-state index in [2.05, 4.69) is 37.1 Å². The number of ether oxygens (including phenoxy) is 1. The van der Waals surface area contributed by atoms with Crippen molar-refractivity contribution in [3.8, 4) is 0 Å². The summed E-state index contributed by atoms with van der Waals surface area (Å²) in [5.74, 6) is -0.498. The largest absolute Gasteiger partial charge is 0.444 e. The fraction of sp³-hybridized carbons (Fsp3) is 0.640. The maximum atomic E-state index is 13.6. The van der Waals surface area contributed by atoms with Crippen LogP contribution in [-0.2, 0) is 14.3 Å². The molecule has 2 atom stereocenters. The molecule has 3 amide bonds. The lowest BCUT2D eigenvalue weighted by Gasteiger charge is -2.34. The van der Waals surface area contributed by atoms with Gasteiger partial charge in [-0.25, -0.2) is 4.79 Å². The summed E-state index contributed by atoms with van der Waals surface area (Å²) in [6.45, 7) is 10.4. The SMILES string of the molecule is CCCCCN(C(=O)C(CS)NC(=O)OC(C)(C)C)C(C(=O)NCCCC)c1ccccc1. The van der Waals surface area contributed by atoms with E-state index in [0.717, 1.165) is 37.7 Å². The molecule has 0 bridgehead atoms. The van der Waals surface area contributed by atoms with Crippen LogP contribution >= 0.6 is 12.6 Å². The standard InChI is InChI=1S/C25H41N3O4S/c1-6-8-13-17-28(23(30)20(18-33)27-24(31)32-25(3,4)5)21(19-14-11-10-12-15-19)22(29)26-16-9-7-2/h10-12,14-15,20-21,33H,6-9,13,16-18H2,1-5H3,(H,26,29)(H,27,31). The van der Waals surface area contributed by atoms with Gasteiger partial charge in [0, 0.05) is 18.8 Å². The van der Waals surface area contributed by atoms with Gasteiger partial charge in [-0.3, -0.25) is 9.59 Å². The van der Waals surface area contributed by atoms with Crippen molar-refractivity contribution < 1.29 is 19.1 Å². The highest BCUT2D eigenvalue weighted by atomic mass is 32.1. The molecule has 0 radical (unpaired) electrons. The molecule has 7 nitrogen and oxygen atoms in total. The summed E-state index contributed by atoms with van der Waals surface area (Å²) >= 11 is 4.30. The number of nitrogens with zero attached hydrogens (tertiary/aromatic N) is 1. The Morgan fingerprint density at radius 3 is 2.21 bits per heavy atom. The first-order valence-corrected chi connectivity index (χ1v) is 12.5. The van der Waals surface area contributed by atoms with E-state index in [-0.39, 0.29) is 17.6 Å². The Morgan fingerprint density at radius 1 is 1.03 bits per heavy atom. The van der Waals surface area contributed by atoms with Crippen molar-refractivity contribution in [3.63, 3.8) is 0 Å². The predicted octanol–water partition coefficient (Wildman–Crippen LogP) is 4.49. The molecular weight excluding hydrogens is 438 g/mol. The zero-order valence-electron chi connectivity index (χ0n) is 20.7. The minimum absolute atomic E-state index is 0.0846. The van der Waals surface area contributed by atoms with Gasteiger partial charge in [0.05, 0.1) is 0 Å². The molecular formula is C25H41N3O4S. The summed E-state index contributed by atoms with van der Waals surface area (Å²) in [6, 6.07) is 7.56. The fourth-order valence-corrected chi connectivity index (χ4v) is 3.57. The second-order valence-corrected chi connectivity index (χ2v) is 9.44. The summed E-state index contributed by atoms with van der Waals surface area (Å²) in [6.07, 6.45) is 3.78. The van der Waals surface area contributed by atoms with Crippen molar-refractivity contribution >= 4 is 30.5 Å². The smallest absolute Gasteiger partial charge is 0.408 e. The third kappa shape index (κ3) is 10.5. The minimum atomic E-state index is -0.917. The van der Waals surface area contributed by atoms with E-state index in [1.807, 2.05) is 30.3 Å². The number of hydrogen-bond donors (Lipinski definition) is 3. The second-order valence-electron chi connectivity index (χ2n) is 9.08. The molecule has 0 fully saturated rings. The third-order valence-electron chi connectivity index (χ3n) is 4.96. The van der Waals surface area contributed by atoms with Gasteiger partial charge in [0.25, 0.3) is 0 Å². The normalized spacial score (nSPS) is 13.0. The lowest BCUT2D eigenvalue weighted by Crippen LogP contribution is -2.54. The quantitative estimate of drug-likeness (QED) is 0.287. The number of alkyl carbamates (subject to hydrolysis) is 1. The maximum absolute atomic E-state index is 13.6. The Balaban J connectivity index is 3.24. The van der Waals surface area contributed by atoms with Gasteiger partial charge in [-0.15, -0.1) is 0 Å². The van der Waals surface area contributed by atoms with Crippen LogP contribution in [0.15, 0.2) is 30.3 Å². The molecule has 0 aliphatic heterocycles. The zero-order valence-corrected chi connectivity index (χ0v) is 21.6. The average molecular weight is 480 g/mol. The van der Waals surface area contributed by atoms with Crippen molar-refractivity contribution in [2.24, 2.45) is 0 Å². The highest BCUT2D eigenvalue weighted by Gasteiger charge is 2.35. The number of amides is 3. The summed E-state index contributed by atoms with van der Waals surface area (Å²) in [5, 5.41) is 5.60. The Morgan fingerprint density at radius 2 is 1.67 bits per heavy atom. The molecule has 2 N–H and O–H groups in total. The molecule has 0 saturated heterocycles. The van der Waals surface area contributed by atoms with Crippen molar-refractivity contribution in [1.29, 1.82) is 0 Å². The fourth-order valence-electron chi connectivity index (χ4n) is 3.33. The lowest BCUT2D eigenvalue weighted by atomic mass is 10.0. The van der Waals surface area contributed by atoms with Crippen LogP contribution in [0.2, 0.25) is 0 Å². The first-order chi connectivity index (χ1) is 15.6. The van der Waals surface area contributed by atoms with Gasteiger partial charge in [0.15, 0.2) is 0 Å². The van der Waals surface area contributed by atoms with Gasteiger partial charge in [-0.05, 0) is 39.2 Å². The monoisotopic (exact) mass is 479 g/mol. The van der Waals surface area contributed by atoms with Gasteiger partial charge in [-0.2, -0.15) is 12.6 Å². The molecule has 2 unspecified atom stereocenters. The molecule has 0 heterocycles. The molecule has 1 aromatic rings. The molecule has 1 rings (SSSR count). The molecule has 0 aromatic heterocycles. The van der Waals surface area contributed by atoms with Crippen molar-refractivity contribution in [3.05, 3.63) is 35.9 Å². The second kappa shape index (κ2) is 14.8. The Bertz CT molecular complexity index is 737. The minimum Gasteiger partial charge on any atom is -0.444 e. The van der Waals surface area contributed by atoms with Gasteiger partial charge in [-0.1, -0.05) is 63.4 Å². The summed E-state index contributed by atoms with van der Waals surface area (Å²) < 4.78 is 5.32. The van der Waals surface area contributed by atoms with Crippen molar-refractivity contribution in [1.82, 2.24) is 15.5 Å². The topological polar surface area (TPSA) is 87.7 Å². The summed E-state index contributed by atoms with van der Waals surface area (Å²) in [7, 11) is 0. The van der Waals surface area contributed by atoms with Crippen LogP contribution in [0, 0.1) is 0 Å². The first kappa shape index (κ1) is 28.8. The first-order valence-electron chi connectivity index (χ1n) is 11.9. The van der Waals surface area contributed by atoms with Crippen LogP contribution in [0.3, 0.4) is 0 Å². The summed E-state index contributed by atoms with van der Waals surface area (Å²) in [4.78, 5) is 40.8. The number of unbranched alkanes of at least 4 members (excludes halogenated alkanes) is 3. The number of benzene rings is 1. The van der Waals surface area contributed by atoms with Crippen LogP contribution in [0.5, 0.6) is 0 Å². The van der Waals surface area contributed by atoms with E-state index in [1.54, 1.807) is 25.7 Å². The van der Waals surface area contributed by atoms with Gasteiger partial charge in [0.2, 0.25) is 11.8 Å².